The second-order valence-corrected chi connectivity index (χ2v) is 8.29. The van der Waals surface area contributed by atoms with Crippen molar-refractivity contribution in [1.29, 1.82) is 0 Å². The van der Waals surface area contributed by atoms with Crippen molar-refractivity contribution in [1.82, 2.24) is 25.0 Å². The maximum Gasteiger partial charge on any atom is 0.251 e. The molecule has 1 amide bonds. The van der Waals surface area contributed by atoms with Gasteiger partial charge in [0, 0.05) is 43.7 Å². The molecular weight excluding hydrogens is 430 g/mol. The van der Waals surface area contributed by atoms with Crippen LogP contribution in [-0.2, 0) is 19.5 Å². The number of benzene rings is 2. The Morgan fingerprint density at radius 1 is 1.18 bits per heavy atom. The fourth-order valence-electron chi connectivity index (χ4n) is 4.14. The van der Waals surface area contributed by atoms with Crippen LogP contribution in [0.15, 0.2) is 61.2 Å². The molecule has 178 valence electrons. The number of para-hydroxylation sites is 1. The van der Waals surface area contributed by atoms with Crippen LogP contribution in [0.5, 0.6) is 11.5 Å². The van der Waals surface area contributed by atoms with E-state index in [0.29, 0.717) is 17.9 Å². The Morgan fingerprint density at radius 2 is 2.03 bits per heavy atom. The zero-order chi connectivity index (χ0) is 23.9. The molecule has 8 heteroatoms. The van der Waals surface area contributed by atoms with Crippen LogP contribution >= 0.6 is 0 Å². The van der Waals surface area contributed by atoms with E-state index >= 15 is 0 Å². The van der Waals surface area contributed by atoms with Crippen LogP contribution in [0.2, 0.25) is 0 Å². The van der Waals surface area contributed by atoms with Crippen LogP contribution in [0, 0.1) is 0 Å². The molecule has 2 aromatic carbocycles. The van der Waals surface area contributed by atoms with Gasteiger partial charge in [-0.3, -0.25) is 9.69 Å². The fourth-order valence-corrected chi connectivity index (χ4v) is 4.14. The topological polar surface area (TPSA) is 81.5 Å². The number of rotatable bonds is 9. The van der Waals surface area contributed by atoms with Crippen molar-refractivity contribution < 1.29 is 14.3 Å². The lowest BCUT2D eigenvalue weighted by molar-refractivity contribution is 0.0937. The molecule has 1 aromatic heterocycles. The van der Waals surface area contributed by atoms with E-state index in [1.807, 2.05) is 31.2 Å². The first-order chi connectivity index (χ1) is 16.6. The summed E-state index contributed by atoms with van der Waals surface area (Å²) < 4.78 is 13.2. The molecule has 8 nitrogen and oxygen atoms in total. The summed E-state index contributed by atoms with van der Waals surface area (Å²) in [6.07, 6.45) is 2.55. The molecular formula is C26H31N5O3. The van der Waals surface area contributed by atoms with Gasteiger partial charge in [-0.05, 0) is 31.2 Å². The third-order valence-corrected chi connectivity index (χ3v) is 5.94. The van der Waals surface area contributed by atoms with Crippen LogP contribution in [0.1, 0.15) is 40.5 Å². The molecule has 0 saturated heterocycles. The van der Waals surface area contributed by atoms with Gasteiger partial charge in [0.2, 0.25) is 0 Å². The van der Waals surface area contributed by atoms with Gasteiger partial charge in [0.1, 0.15) is 23.9 Å². The average molecular weight is 462 g/mol. The molecule has 0 saturated carbocycles. The first-order valence-electron chi connectivity index (χ1n) is 11.5. The second-order valence-electron chi connectivity index (χ2n) is 8.29. The third kappa shape index (κ3) is 5.46. The predicted molar refractivity (Wildman–Crippen MR) is 130 cm³/mol. The van der Waals surface area contributed by atoms with Crippen molar-refractivity contribution in [2.24, 2.45) is 0 Å². The van der Waals surface area contributed by atoms with Crippen molar-refractivity contribution in [2.45, 2.75) is 32.5 Å². The van der Waals surface area contributed by atoms with Gasteiger partial charge in [0.25, 0.3) is 5.91 Å². The number of aromatic nitrogens is 3. The van der Waals surface area contributed by atoms with Crippen LogP contribution in [-0.4, -0.2) is 52.4 Å². The molecule has 1 N–H and O–H groups in total. The predicted octanol–water partition coefficient (Wildman–Crippen LogP) is 3.40. The summed E-state index contributed by atoms with van der Waals surface area (Å²) in [5.74, 6) is 3.07. The summed E-state index contributed by atoms with van der Waals surface area (Å²) in [4.78, 5) is 15.2. The van der Waals surface area contributed by atoms with Crippen LogP contribution in [0.4, 0.5) is 0 Å². The molecule has 3 aromatic rings. The van der Waals surface area contributed by atoms with E-state index < -0.39 is 0 Å². The van der Waals surface area contributed by atoms with E-state index in [9.17, 15) is 4.79 Å². The number of nitrogens with one attached hydrogen (secondary N) is 1. The minimum Gasteiger partial charge on any atom is -0.497 e. The van der Waals surface area contributed by atoms with Gasteiger partial charge in [0.15, 0.2) is 5.82 Å². The lowest BCUT2D eigenvalue weighted by Gasteiger charge is -2.21. The number of methoxy groups -OCH3 is 1. The van der Waals surface area contributed by atoms with Gasteiger partial charge in [0.05, 0.1) is 13.2 Å². The average Bonchev–Trinajstić information content (AvgIpc) is 3.17. The van der Waals surface area contributed by atoms with Gasteiger partial charge >= 0.3 is 0 Å². The van der Waals surface area contributed by atoms with E-state index in [1.54, 1.807) is 31.4 Å². The third-order valence-electron chi connectivity index (χ3n) is 5.94. The minimum atomic E-state index is -0.278. The Kier molecular flexibility index (Phi) is 7.59. The monoisotopic (exact) mass is 461 g/mol. The van der Waals surface area contributed by atoms with Crippen molar-refractivity contribution in [3.05, 3.63) is 84.0 Å². The molecule has 4 rings (SSSR count). The summed E-state index contributed by atoms with van der Waals surface area (Å²) in [6.45, 7) is 9.43. The highest BCUT2D eigenvalue weighted by molar-refractivity contribution is 5.94. The highest BCUT2D eigenvalue weighted by Crippen LogP contribution is 2.22. The van der Waals surface area contributed by atoms with Crippen LogP contribution in [0.3, 0.4) is 0 Å². The van der Waals surface area contributed by atoms with Crippen molar-refractivity contribution in [2.75, 3.05) is 26.8 Å². The fraction of sp³-hybridized carbons (Fsp3) is 0.346. The van der Waals surface area contributed by atoms with Gasteiger partial charge in [-0.1, -0.05) is 36.9 Å². The van der Waals surface area contributed by atoms with Crippen LogP contribution < -0.4 is 14.8 Å². The van der Waals surface area contributed by atoms with Crippen LogP contribution in [0.25, 0.3) is 0 Å². The molecule has 1 atom stereocenters. The Bertz CT molecular complexity index is 1140. The largest absolute Gasteiger partial charge is 0.497 e. The Hall–Kier alpha value is -3.65. The van der Waals surface area contributed by atoms with E-state index in [-0.39, 0.29) is 11.9 Å². The molecule has 0 unspecified atom stereocenters. The summed E-state index contributed by atoms with van der Waals surface area (Å²) in [6, 6.07) is 14.9. The smallest absolute Gasteiger partial charge is 0.251 e. The summed E-state index contributed by atoms with van der Waals surface area (Å²) in [7, 11) is 1.58. The first kappa shape index (κ1) is 23.5. The molecule has 34 heavy (non-hydrogen) atoms. The summed E-state index contributed by atoms with van der Waals surface area (Å²) in [5, 5.41) is 11.9. The number of ether oxygens (including phenoxy) is 2. The molecule has 0 radical (unpaired) electrons. The van der Waals surface area contributed by atoms with Crippen molar-refractivity contribution >= 4 is 5.91 Å². The van der Waals surface area contributed by atoms with Gasteiger partial charge in [-0.25, -0.2) is 0 Å². The molecule has 1 aliphatic rings. The lowest BCUT2D eigenvalue weighted by atomic mass is 10.2. The number of carbonyl (C=O) groups excluding carboxylic acids is 1. The lowest BCUT2D eigenvalue weighted by Crippen LogP contribution is -2.30. The number of amides is 1. The summed E-state index contributed by atoms with van der Waals surface area (Å²) in [5.41, 5.74) is 1.70. The van der Waals surface area contributed by atoms with Gasteiger partial charge in [-0.2, -0.15) is 0 Å². The Balaban J connectivity index is 1.41. The minimum absolute atomic E-state index is 0.171. The molecule has 1 aliphatic heterocycles. The zero-order valence-corrected chi connectivity index (χ0v) is 19.7. The standard InChI is InChI=1S/C26H31N5O3/c1-4-16-34-23-11-6-5-8-21(23)18-30-13-12-24-28-29-25(31(24)15-14-30)19(2)27-26(32)20-9-7-10-22(17-20)33-3/h4-11,17,19H,1,12-16,18H2,2-3H3,(H,27,32)/t19-/m0/s1. The maximum absolute atomic E-state index is 12.8. The number of carbonyl (C=O) groups is 1. The molecule has 2 heterocycles. The summed E-state index contributed by atoms with van der Waals surface area (Å²) >= 11 is 0. The highest BCUT2D eigenvalue weighted by atomic mass is 16.5. The van der Waals surface area contributed by atoms with Crippen molar-refractivity contribution in [3.63, 3.8) is 0 Å². The maximum atomic E-state index is 12.8. The van der Waals surface area contributed by atoms with Gasteiger partial charge in [-0.15, -0.1) is 10.2 Å². The number of nitrogens with zero attached hydrogens (tertiary/aromatic N) is 4. The normalized spacial score (nSPS) is 14.5. The number of hydrogen-bond donors (Lipinski definition) is 1. The van der Waals surface area contributed by atoms with E-state index in [1.165, 1.54) is 0 Å². The van der Waals surface area contributed by atoms with Crippen molar-refractivity contribution in [3.8, 4) is 11.5 Å². The first-order valence-corrected chi connectivity index (χ1v) is 11.5. The van der Waals surface area contributed by atoms with E-state index in [0.717, 1.165) is 55.6 Å². The quantitative estimate of drug-likeness (QED) is 0.492. The highest BCUT2D eigenvalue weighted by Gasteiger charge is 2.23. The Labute approximate surface area is 200 Å². The molecule has 0 spiro atoms. The SMILES string of the molecule is C=CCOc1ccccc1CN1CCc2nnc([C@H](C)NC(=O)c3cccc(OC)c3)n2CC1. The van der Waals surface area contributed by atoms with Gasteiger partial charge < -0.3 is 19.4 Å². The van der Waals surface area contributed by atoms with E-state index in [4.69, 9.17) is 9.47 Å². The molecule has 0 bridgehead atoms. The molecule has 0 fully saturated rings. The number of fused-ring (bicyclic) bond motifs is 1. The Morgan fingerprint density at radius 3 is 2.85 bits per heavy atom. The molecule has 0 aliphatic carbocycles. The number of hydrogen-bond acceptors (Lipinski definition) is 6. The zero-order valence-electron chi connectivity index (χ0n) is 19.7. The van der Waals surface area contributed by atoms with E-state index in [2.05, 4.69) is 37.6 Å². The second kappa shape index (κ2) is 11.0.